The van der Waals surface area contributed by atoms with E-state index in [1.54, 1.807) is 0 Å². The normalized spacial score (nSPS) is 9.87. The first-order valence-electron chi connectivity index (χ1n) is 5.34. The second-order valence-electron chi connectivity index (χ2n) is 3.67. The van der Waals surface area contributed by atoms with Gasteiger partial charge in [0, 0.05) is 0 Å². The lowest BCUT2D eigenvalue weighted by Gasteiger charge is -1.94. The van der Waals surface area contributed by atoms with Gasteiger partial charge in [0.05, 0.1) is 6.42 Å². The lowest BCUT2D eigenvalue weighted by molar-refractivity contribution is 1.03. The molecule has 0 heteroatoms. The van der Waals surface area contributed by atoms with Gasteiger partial charge in [-0.15, -0.1) is 0 Å². The molecular weight excluding hydrogens is 180 g/mol. The lowest BCUT2D eigenvalue weighted by Crippen LogP contribution is -1.90. The van der Waals surface area contributed by atoms with Gasteiger partial charge in [0.15, 0.2) is 0 Å². The van der Waals surface area contributed by atoms with Gasteiger partial charge in [-0.2, -0.15) is 0 Å². The van der Waals surface area contributed by atoms with Crippen LogP contribution in [0.15, 0.2) is 60.7 Å². The molecule has 2 rings (SSSR count). The van der Waals surface area contributed by atoms with Crippen molar-refractivity contribution in [3.63, 3.8) is 0 Å². The first-order chi connectivity index (χ1) is 7.45. The fourth-order valence-electron chi connectivity index (χ4n) is 1.63. The Morgan fingerprint density at radius 3 is 1.40 bits per heavy atom. The second-order valence-corrected chi connectivity index (χ2v) is 3.67. The average Bonchev–Trinajstić information content (AvgIpc) is 2.32. The maximum Gasteiger partial charge on any atom is 0.113 e. The molecule has 0 aromatic heterocycles. The van der Waals surface area contributed by atoms with Crippen LogP contribution in [0, 0.1) is 6.42 Å². The van der Waals surface area contributed by atoms with Crippen molar-refractivity contribution in [2.75, 3.05) is 0 Å². The van der Waals surface area contributed by atoms with E-state index in [1.807, 2.05) is 0 Å². The lowest BCUT2D eigenvalue weighted by atomic mass is 10.0. The molecule has 0 saturated heterocycles. The topological polar surface area (TPSA) is 0 Å². The summed E-state index contributed by atoms with van der Waals surface area (Å²) >= 11 is 0. The summed E-state index contributed by atoms with van der Waals surface area (Å²) in [6.45, 7) is 0. The average molecular weight is 195 g/mol. The fraction of sp³-hybridized carbons (Fsp3) is 0.133. The fourth-order valence-corrected chi connectivity index (χ4v) is 1.63. The minimum Gasteiger partial charge on any atom is -0.0622 e. The zero-order valence-electron chi connectivity index (χ0n) is 8.77. The summed E-state index contributed by atoms with van der Waals surface area (Å²) in [4.78, 5) is 0. The van der Waals surface area contributed by atoms with Crippen LogP contribution in [0.3, 0.4) is 0 Å². The molecular formula is C15H15+. The molecule has 0 aliphatic rings. The molecule has 0 spiro atoms. The van der Waals surface area contributed by atoms with Gasteiger partial charge in [0.2, 0.25) is 0 Å². The molecule has 0 radical (unpaired) electrons. The molecule has 0 nitrogen and oxygen atoms in total. The Hall–Kier alpha value is -1.69. The molecule has 0 unspecified atom stereocenters. The van der Waals surface area contributed by atoms with Crippen LogP contribution >= 0.6 is 0 Å². The summed E-state index contributed by atoms with van der Waals surface area (Å²) in [7, 11) is 0. The maximum atomic E-state index is 2.32. The van der Waals surface area contributed by atoms with Crippen molar-refractivity contribution in [3.8, 4) is 0 Å². The van der Waals surface area contributed by atoms with Crippen LogP contribution in [0.1, 0.15) is 11.1 Å². The van der Waals surface area contributed by atoms with Gasteiger partial charge in [-0.25, -0.2) is 0 Å². The van der Waals surface area contributed by atoms with E-state index in [9.17, 15) is 0 Å². The smallest absolute Gasteiger partial charge is 0.0622 e. The van der Waals surface area contributed by atoms with E-state index in [-0.39, 0.29) is 0 Å². The minimum atomic E-state index is 1.05. The van der Waals surface area contributed by atoms with Gasteiger partial charge in [0.25, 0.3) is 0 Å². The monoisotopic (exact) mass is 195 g/mol. The van der Waals surface area contributed by atoms with Crippen molar-refractivity contribution in [3.05, 3.63) is 78.2 Å². The molecule has 0 aliphatic carbocycles. The Balaban J connectivity index is 1.81. The number of benzene rings is 2. The van der Waals surface area contributed by atoms with Crippen LogP contribution in [-0.2, 0) is 12.8 Å². The van der Waals surface area contributed by atoms with E-state index in [0.29, 0.717) is 0 Å². The molecule has 2 aromatic rings. The molecule has 0 aliphatic heterocycles. The molecule has 0 amide bonds. The maximum absolute atomic E-state index is 2.32. The second kappa shape index (κ2) is 5.26. The summed E-state index contributed by atoms with van der Waals surface area (Å²) in [6.07, 6.45) is 4.43. The van der Waals surface area contributed by atoms with Gasteiger partial charge >= 0.3 is 0 Å². The molecule has 0 N–H and O–H groups in total. The highest BCUT2D eigenvalue weighted by Crippen LogP contribution is 2.06. The van der Waals surface area contributed by atoms with Crippen molar-refractivity contribution >= 4 is 0 Å². The molecule has 0 heterocycles. The van der Waals surface area contributed by atoms with Crippen molar-refractivity contribution in [2.45, 2.75) is 12.8 Å². The largest absolute Gasteiger partial charge is 0.113 e. The summed E-state index contributed by atoms with van der Waals surface area (Å²) in [5, 5.41) is 0. The SMILES string of the molecule is c1ccc(C[CH+]Cc2ccccc2)cc1. The van der Waals surface area contributed by atoms with E-state index < -0.39 is 0 Å². The van der Waals surface area contributed by atoms with E-state index in [1.165, 1.54) is 11.1 Å². The Bertz CT molecular complexity index is 336. The first kappa shape index (κ1) is 9.85. The predicted molar refractivity (Wildman–Crippen MR) is 64.6 cm³/mol. The van der Waals surface area contributed by atoms with Crippen molar-refractivity contribution in [1.82, 2.24) is 0 Å². The molecule has 74 valence electrons. The molecule has 0 saturated carbocycles. The Morgan fingerprint density at radius 1 is 0.600 bits per heavy atom. The van der Waals surface area contributed by atoms with Crippen LogP contribution < -0.4 is 0 Å². The van der Waals surface area contributed by atoms with Crippen LogP contribution in [-0.4, -0.2) is 0 Å². The number of hydrogen-bond acceptors (Lipinski definition) is 0. The van der Waals surface area contributed by atoms with E-state index in [2.05, 4.69) is 67.1 Å². The van der Waals surface area contributed by atoms with Crippen LogP contribution in [0.25, 0.3) is 0 Å². The highest BCUT2D eigenvalue weighted by molar-refractivity contribution is 5.20. The summed E-state index contributed by atoms with van der Waals surface area (Å²) < 4.78 is 0. The predicted octanol–water partition coefficient (Wildman–Crippen LogP) is 3.68. The van der Waals surface area contributed by atoms with E-state index in [0.717, 1.165) is 12.8 Å². The molecule has 0 bridgehead atoms. The highest BCUT2D eigenvalue weighted by Gasteiger charge is 2.01. The summed E-state index contributed by atoms with van der Waals surface area (Å²) in [5.74, 6) is 0. The van der Waals surface area contributed by atoms with E-state index >= 15 is 0 Å². The third kappa shape index (κ3) is 3.17. The quantitative estimate of drug-likeness (QED) is 0.653. The van der Waals surface area contributed by atoms with Crippen LogP contribution in [0.2, 0.25) is 0 Å². The Kier molecular flexibility index (Phi) is 3.45. The molecule has 2 aromatic carbocycles. The Labute approximate surface area is 91.6 Å². The zero-order valence-corrected chi connectivity index (χ0v) is 8.77. The zero-order chi connectivity index (χ0) is 10.3. The third-order valence-corrected chi connectivity index (χ3v) is 2.45. The van der Waals surface area contributed by atoms with Gasteiger partial charge in [0.1, 0.15) is 12.8 Å². The standard InChI is InChI=1S/C15H15/c1-3-8-14(9-4-1)12-7-13-15-10-5-2-6-11-15/h1-11H,12-13H2/q+1. The van der Waals surface area contributed by atoms with E-state index in [4.69, 9.17) is 0 Å². The third-order valence-electron chi connectivity index (χ3n) is 2.45. The van der Waals surface area contributed by atoms with Crippen molar-refractivity contribution < 1.29 is 0 Å². The summed E-state index contributed by atoms with van der Waals surface area (Å²) in [5.41, 5.74) is 2.77. The van der Waals surface area contributed by atoms with Gasteiger partial charge in [-0.05, 0) is 11.1 Å². The van der Waals surface area contributed by atoms with Gasteiger partial charge in [-0.3, -0.25) is 0 Å². The molecule has 15 heavy (non-hydrogen) atoms. The van der Waals surface area contributed by atoms with Crippen LogP contribution in [0.4, 0.5) is 0 Å². The highest BCUT2D eigenvalue weighted by atomic mass is 14.0. The number of rotatable bonds is 4. The van der Waals surface area contributed by atoms with Gasteiger partial charge < -0.3 is 0 Å². The minimum absolute atomic E-state index is 1.05. The summed E-state index contributed by atoms with van der Waals surface area (Å²) in [6, 6.07) is 21.1. The number of hydrogen-bond donors (Lipinski definition) is 0. The van der Waals surface area contributed by atoms with Crippen molar-refractivity contribution in [2.24, 2.45) is 0 Å². The van der Waals surface area contributed by atoms with Crippen molar-refractivity contribution in [1.29, 1.82) is 0 Å². The molecule has 0 fully saturated rings. The Morgan fingerprint density at radius 2 is 1.00 bits per heavy atom. The first-order valence-corrected chi connectivity index (χ1v) is 5.34. The molecule has 0 atom stereocenters. The van der Waals surface area contributed by atoms with Gasteiger partial charge in [-0.1, -0.05) is 60.7 Å². The van der Waals surface area contributed by atoms with Crippen LogP contribution in [0.5, 0.6) is 0 Å².